The van der Waals surface area contributed by atoms with Gasteiger partial charge in [0.25, 0.3) is 10.0 Å². The smallest absolute Gasteiger partial charge is 0.261 e. The van der Waals surface area contributed by atoms with E-state index in [1.54, 1.807) is 36.4 Å². The fourth-order valence-electron chi connectivity index (χ4n) is 2.17. The quantitative estimate of drug-likeness (QED) is 0.757. The zero-order valence-corrected chi connectivity index (χ0v) is 14.0. The van der Waals surface area contributed by atoms with Gasteiger partial charge in [-0.05, 0) is 36.4 Å². The van der Waals surface area contributed by atoms with Gasteiger partial charge in [-0.3, -0.25) is 4.72 Å². The maximum absolute atomic E-state index is 13.3. The van der Waals surface area contributed by atoms with Crippen LogP contribution in [0.1, 0.15) is 0 Å². The minimum absolute atomic E-state index is 0.151. The van der Waals surface area contributed by atoms with Crippen LogP contribution in [0.4, 0.5) is 10.1 Å². The number of nitrogens with one attached hydrogen (secondary N) is 1. The van der Waals surface area contributed by atoms with Crippen LogP contribution in [0.5, 0.6) is 5.88 Å². The molecule has 0 amide bonds. The van der Waals surface area contributed by atoms with Crippen LogP contribution in [0.25, 0.3) is 11.3 Å². The molecule has 3 aromatic rings. The number of hydrogen-bond acceptors (Lipinski definition) is 5. The largest absolute Gasteiger partial charge is 0.480 e. The number of benzene rings is 2. The number of rotatable bonds is 5. The Morgan fingerprint density at radius 3 is 2.48 bits per heavy atom. The molecule has 6 nitrogen and oxygen atoms in total. The zero-order valence-electron chi connectivity index (χ0n) is 13.2. The Bertz CT molecular complexity index is 992. The molecule has 0 aliphatic rings. The maximum atomic E-state index is 13.3. The highest BCUT2D eigenvalue weighted by Crippen LogP contribution is 2.23. The van der Waals surface area contributed by atoms with Gasteiger partial charge in [-0.15, -0.1) is 10.2 Å². The van der Waals surface area contributed by atoms with E-state index in [1.807, 2.05) is 0 Å². The first-order chi connectivity index (χ1) is 12.0. The summed E-state index contributed by atoms with van der Waals surface area (Å²) in [5.74, 6) is -0.239. The first-order valence-electron chi connectivity index (χ1n) is 7.24. The predicted molar refractivity (Wildman–Crippen MR) is 91.2 cm³/mol. The van der Waals surface area contributed by atoms with Gasteiger partial charge < -0.3 is 4.74 Å². The highest BCUT2D eigenvalue weighted by molar-refractivity contribution is 7.92. The topological polar surface area (TPSA) is 81.2 Å². The maximum Gasteiger partial charge on any atom is 0.261 e. The van der Waals surface area contributed by atoms with E-state index in [9.17, 15) is 12.8 Å². The lowest BCUT2D eigenvalue weighted by molar-refractivity contribution is 0.392. The molecular formula is C17H14FN3O3S. The standard InChI is InChI=1S/C17H14FN3O3S/c1-24-17-9-8-16(19-20-17)12-4-2-6-14(10-12)21-25(22,23)15-7-3-5-13(18)11-15/h2-11,21H,1H3. The molecule has 1 N–H and O–H groups in total. The van der Waals surface area contributed by atoms with Gasteiger partial charge in [0.05, 0.1) is 17.7 Å². The molecule has 0 saturated heterocycles. The van der Waals surface area contributed by atoms with Crippen LogP contribution in [0.15, 0.2) is 65.6 Å². The minimum Gasteiger partial charge on any atom is -0.480 e. The second kappa shape index (κ2) is 6.86. The van der Waals surface area contributed by atoms with Gasteiger partial charge in [-0.25, -0.2) is 12.8 Å². The summed E-state index contributed by atoms with van der Waals surface area (Å²) in [5, 5.41) is 7.91. The third-order valence-electron chi connectivity index (χ3n) is 3.37. The van der Waals surface area contributed by atoms with Gasteiger partial charge in [0.1, 0.15) is 5.82 Å². The Morgan fingerprint density at radius 2 is 1.80 bits per heavy atom. The van der Waals surface area contributed by atoms with E-state index < -0.39 is 15.8 Å². The van der Waals surface area contributed by atoms with Crippen LogP contribution in [-0.2, 0) is 10.0 Å². The second-order valence-electron chi connectivity index (χ2n) is 5.10. The third-order valence-corrected chi connectivity index (χ3v) is 4.75. The minimum atomic E-state index is -3.89. The Balaban J connectivity index is 1.88. The number of anilines is 1. The number of ether oxygens (including phenoxy) is 1. The van der Waals surface area contributed by atoms with Crippen LogP contribution in [0.3, 0.4) is 0 Å². The second-order valence-corrected chi connectivity index (χ2v) is 6.79. The Labute approximate surface area is 144 Å². The van der Waals surface area contributed by atoms with Crippen molar-refractivity contribution < 1.29 is 17.5 Å². The number of hydrogen-bond donors (Lipinski definition) is 1. The molecule has 0 spiro atoms. The molecule has 3 rings (SSSR count). The van der Waals surface area contributed by atoms with Crippen LogP contribution < -0.4 is 9.46 Å². The van der Waals surface area contributed by atoms with Gasteiger partial charge in [0.2, 0.25) is 5.88 Å². The summed E-state index contributed by atoms with van der Waals surface area (Å²) >= 11 is 0. The zero-order chi connectivity index (χ0) is 17.9. The molecule has 0 saturated carbocycles. The van der Waals surface area contributed by atoms with Crippen LogP contribution in [-0.4, -0.2) is 25.7 Å². The molecule has 1 aromatic heterocycles. The lowest BCUT2D eigenvalue weighted by Gasteiger charge is -2.09. The van der Waals surface area contributed by atoms with Crippen molar-refractivity contribution in [2.24, 2.45) is 0 Å². The fraction of sp³-hybridized carbons (Fsp3) is 0.0588. The Hall–Kier alpha value is -3.00. The van der Waals surface area contributed by atoms with Gasteiger partial charge in [0.15, 0.2) is 0 Å². The van der Waals surface area contributed by atoms with Crippen LogP contribution >= 0.6 is 0 Å². The molecule has 0 aliphatic carbocycles. The van der Waals surface area contributed by atoms with E-state index in [2.05, 4.69) is 14.9 Å². The number of methoxy groups -OCH3 is 1. The summed E-state index contributed by atoms with van der Waals surface area (Å²) in [6, 6.07) is 14.9. The number of sulfonamides is 1. The number of aromatic nitrogens is 2. The summed E-state index contributed by atoms with van der Waals surface area (Å²) < 4.78 is 45.4. The molecule has 8 heteroatoms. The molecule has 2 aromatic carbocycles. The highest BCUT2D eigenvalue weighted by atomic mass is 32.2. The number of halogens is 1. The van der Waals surface area contributed by atoms with E-state index in [0.29, 0.717) is 22.8 Å². The molecule has 0 radical (unpaired) electrons. The number of nitrogens with zero attached hydrogens (tertiary/aromatic N) is 2. The first kappa shape index (κ1) is 16.8. The van der Waals surface area contributed by atoms with Gasteiger partial charge in [0, 0.05) is 17.3 Å². The molecule has 0 unspecified atom stereocenters. The molecular weight excluding hydrogens is 345 g/mol. The third kappa shape index (κ3) is 3.92. The molecule has 0 atom stereocenters. The summed E-state index contributed by atoms with van der Waals surface area (Å²) in [7, 11) is -2.40. The Kier molecular flexibility index (Phi) is 4.62. The molecule has 0 fully saturated rings. The van der Waals surface area contributed by atoms with Crippen LogP contribution in [0, 0.1) is 5.82 Å². The van der Waals surface area contributed by atoms with Crippen molar-refractivity contribution in [2.75, 3.05) is 11.8 Å². The fourth-order valence-corrected chi connectivity index (χ4v) is 3.25. The van der Waals surface area contributed by atoms with Crippen molar-refractivity contribution in [3.8, 4) is 17.1 Å². The summed E-state index contributed by atoms with van der Waals surface area (Å²) in [6.07, 6.45) is 0. The van der Waals surface area contributed by atoms with E-state index in [4.69, 9.17) is 4.74 Å². The van der Waals surface area contributed by atoms with Gasteiger partial charge in [-0.1, -0.05) is 18.2 Å². The van der Waals surface area contributed by atoms with Gasteiger partial charge in [-0.2, -0.15) is 0 Å². The molecule has 0 aliphatic heterocycles. The summed E-state index contributed by atoms with van der Waals surface area (Å²) in [4.78, 5) is -0.151. The first-order valence-corrected chi connectivity index (χ1v) is 8.73. The SMILES string of the molecule is COc1ccc(-c2cccc(NS(=O)(=O)c3cccc(F)c3)c2)nn1. The van der Waals surface area contributed by atoms with Crippen LogP contribution in [0.2, 0.25) is 0 Å². The van der Waals surface area contributed by atoms with Crippen molar-refractivity contribution in [3.63, 3.8) is 0 Å². The molecule has 25 heavy (non-hydrogen) atoms. The van der Waals surface area contributed by atoms with E-state index >= 15 is 0 Å². The monoisotopic (exact) mass is 359 g/mol. The van der Waals surface area contributed by atoms with Crippen molar-refractivity contribution in [2.45, 2.75) is 4.90 Å². The lowest BCUT2D eigenvalue weighted by atomic mass is 10.1. The normalized spacial score (nSPS) is 11.1. The summed E-state index contributed by atoms with van der Waals surface area (Å²) in [5.41, 5.74) is 1.57. The van der Waals surface area contributed by atoms with Crippen molar-refractivity contribution in [1.29, 1.82) is 0 Å². The molecule has 1 heterocycles. The van der Waals surface area contributed by atoms with Crippen molar-refractivity contribution in [3.05, 3.63) is 66.5 Å². The Morgan fingerprint density at radius 1 is 1.00 bits per heavy atom. The van der Waals surface area contributed by atoms with E-state index in [-0.39, 0.29) is 4.90 Å². The molecule has 128 valence electrons. The van der Waals surface area contributed by atoms with Crippen molar-refractivity contribution >= 4 is 15.7 Å². The van der Waals surface area contributed by atoms with Crippen molar-refractivity contribution in [1.82, 2.24) is 10.2 Å². The average Bonchev–Trinajstić information content (AvgIpc) is 2.62. The molecule has 0 bridgehead atoms. The van der Waals surface area contributed by atoms with E-state index in [0.717, 1.165) is 6.07 Å². The average molecular weight is 359 g/mol. The summed E-state index contributed by atoms with van der Waals surface area (Å²) in [6.45, 7) is 0. The van der Waals surface area contributed by atoms with Gasteiger partial charge >= 0.3 is 0 Å². The predicted octanol–water partition coefficient (Wildman–Crippen LogP) is 3.09. The highest BCUT2D eigenvalue weighted by Gasteiger charge is 2.15. The van der Waals surface area contributed by atoms with E-state index in [1.165, 1.54) is 25.3 Å². The lowest BCUT2D eigenvalue weighted by Crippen LogP contribution is -2.13.